The number of ketones is 1. The molecular weight excluding hydrogens is 592 g/mol. The summed E-state index contributed by atoms with van der Waals surface area (Å²) < 4.78 is 0. The lowest BCUT2D eigenvalue weighted by Gasteiger charge is -2.09. The Hall–Kier alpha value is -1.83. The summed E-state index contributed by atoms with van der Waals surface area (Å²) in [7, 11) is 0. The molecule has 0 atom stereocenters. The van der Waals surface area contributed by atoms with Crippen molar-refractivity contribution < 1.29 is 14.4 Å². The lowest BCUT2D eigenvalue weighted by atomic mass is 10.00. The highest BCUT2D eigenvalue weighted by atomic mass is 16.2. The highest BCUT2D eigenvalue weighted by Gasteiger charge is 2.07. The van der Waals surface area contributed by atoms with E-state index < -0.39 is 0 Å². The molecule has 0 saturated carbocycles. The maximum Gasteiger partial charge on any atom is 0.220 e. The Morgan fingerprint density at radius 3 is 1.19 bits per heavy atom. The van der Waals surface area contributed by atoms with Gasteiger partial charge in [0.1, 0.15) is 5.78 Å². The molecule has 0 saturated heterocycles. The zero-order valence-electron chi connectivity index (χ0n) is 35.2. The molecule has 0 aromatic heterocycles. The van der Waals surface area contributed by atoms with Gasteiger partial charge in [0, 0.05) is 50.6 Å². The fourth-order valence-electron chi connectivity index (χ4n) is 4.21. The largest absolute Gasteiger partial charge is 0.354 e. The molecule has 0 radical (unpaired) electrons. The highest BCUT2D eigenvalue weighted by Crippen LogP contribution is 2.12. The molecule has 0 bridgehead atoms. The first-order valence-electron chi connectivity index (χ1n) is 19.7. The molecule has 48 heavy (non-hydrogen) atoms. The lowest BCUT2D eigenvalue weighted by Crippen LogP contribution is -2.31. The van der Waals surface area contributed by atoms with Crippen LogP contribution in [0.3, 0.4) is 0 Å². The molecule has 0 fully saturated rings. The summed E-state index contributed by atoms with van der Waals surface area (Å²) in [6, 6.07) is 0.337. The number of hydrogen-bond acceptors (Lipinski definition) is 3. The van der Waals surface area contributed by atoms with Crippen molar-refractivity contribution in [3.63, 3.8) is 0 Å². The molecule has 0 aromatic carbocycles. The van der Waals surface area contributed by atoms with Crippen molar-refractivity contribution in [1.29, 1.82) is 0 Å². The molecule has 0 aliphatic heterocycles. The van der Waals surface area contributed by atoms with Crippen LogP contribution in [0.1, 0.15) is 201 Å². The van der Waals surface area contributed by atoms with Gasteiger partial charge in [-0.3, -0.25) is 14.4 Å². The zero-order valence-corrected chi connectivity index (χ0v) is 35.2. The van der Waals surface area contributed by atoms with Gasteiger partial charge in [-0.15, -0.1) is 11.8 Å². The SMILES string of the molecule is CC(C)CC#CCCC(C)C.CC(C)CCC(=O)CC(C)C.CC(C)CCCCCC(C)C.CC(C)NC(=O)CCCC(=O)NC(C)C. The number of amides is 2. The summed E-state index contributed by atoms with van der Waals surface area (Å²) in [4.78, 5) is 33.6. The van der Waals surface area contributed by atoms with Gasteiger partial charge in [-0.1, -0.05) is 115 Å². The van der Waals surface area contributed by atoms with Gasteiger partial charge in [-0.25, -0.2) is 0 Å². The van der Waals surface area contributed by atoms with Crippen LogP contribution < -0.4 is 10.6 Å². The summed E-state index contributed by atoms with van der Waals surface area (Å²) in [5.41, 5.74) is 0. The normalized spacial score (nSPS) is 10.8. The highest BCUT2D eigenvalue weighted by molar-refractivity contribution is 5.79. The van der Waals surface area contributed by atoms with Crippen molar-refractivity contribution in [3.8, 4) is 11.8 Å². The van der Waals surface area contributed by atoms with E-state index in [0.717, 1.165) is 55.8 Å². The van der Waals surface area contributed by atoms with Gasteiger partial charge in [-0.05, 0) is 82.5 Å². The second-order valence-electron chi connectivity index (χ2n) is 16.7. The monoisotopic (exact) mass is 679 g/mol. The Kier molecular flexibility index (Phi) is 40.2. The molecular formula is C43H86N2O3. The molecule has 0 unspecified atom stereocenters. The van der Waals surface area contributed by atoms with Crippen LogP contribution >= 0.6 is 0 Å². The maximum absolute atomic E-state index is 11.2. The predicted octanol–water partition coefficient (Wildman–Crippen LogP) is 12.0. The molecule has 286 valence electrons. The van der Waals surface area contributed by atoms with Gasteiger partial charge in [0.15, 0.2) is 0 Å². The van der Waals surface area contributed by atoms with Crippen molar-refractivity contribution in [2.24, 2.45) is 35.5 Å². The van der Waals surface area contributed by atoms with E-state index >= 15 is 0 Å². The quantitative estimate of drug-likeness (QED) is 0.0994. The van der Waals surface area contributed by atoms with Crippen LogP contribution in [0.25, 0.3) is 0 Å². The van der Waals surface area contributed by atoms with E-state index in [9.17, 15) is 14.4 Å². The fourth-order valence-corrected chi connectivity index (χ4v) is 4.21. The van der Waals surface area contributed by atoms with E-state index in [1.807, 2.05) is 27.7 Å². The first-order chi connectivity index (χ1) is 22.2. The van der Waals surface area contributed by atoms with Crippen LogP contribution in [0, 0.1) is 47.3 Å². The van der Waals surface area contributed by atoms with Gasteiger partial charge in [-0.2, -0.15) is 0 Å². The Morgan fingerprint density at radius 1 is 0.438 bits per heavy atom. The number of rotatable bonds is 20. The number of Topliss-reactive ketones (excluding diaryl/α,β-unsaturated/α-hetero) is 1. The first kappa shape index (κ1) is 53.0. The van der Waals surface area contributed by atoms with Crippen molar-refractivity contribution in [3.05, 3.63) is 0 Å². The van der Waals surface area contributed by atoms with Crippen LogP contribution in [-0.2, 0) is 14.4 Å². The van der Waals surface area contributed by atoms with E-state index in [0.29, 0.717) is 36.9 Å². The minimum Gasteiger partial charge on any atom is -0.354 e. The standard InChI is InChI=1S/C11H22N2O2.C11H24.C11H20.C10H20O/c1-8(2)12-10(14)6-5-7-11(15)13-9(3)4;2*1-10(2)8-6-5-7-9-11(3)4;1-8(2)5-6-10(11)7-9(3)4/h8-9H,5-7H2,1-4H3,(H,12,14)(H,13,15);10-11H,5-9H2,1-4H3;10-11H,6,8-9H2,1-4H3;8-9H,5-7H2,1-4H3. The number of carbonyl (C=O) groups excluding carboxylic acids is 3. The third-order valence-corrected chi connectivity index (χ3v) is 6.89. The summed E-state index contributed by atoms with van der Waals surface area (Å²) >= 11 is 0. The van der Waals surface area contributed by atoms with E-state index in [1.165, 1.54) is 38.5 Å². The Bertz CT molecular complexity index is 767. The molecule has 0 aliphatic rings. The number of unbranched alkanes of at least 4 members (excludes halogenated alkanes) is 2. The Balaban J connectivity index is -0.000000272. The van der Waals surface area contributed by atoms with Gasteiger partial charge < -0.3 is 10.6 Å². The van der Waals surface area contributed by atoms with Crippen molar-refractivity contribution in [2.45, 2.75) is 213 Å². The molecule has 2 amide bonds. The van der Waals surface area contributed by atoms with E-state index in [1.54, 1.807) is 0 Å². The van der Waals surface area contributed by atoms with E-state index in [-0.39, 0.29) is 23.9 Å². The third-order valence-electron chi connectivity index (χ3n) is 6.89. The maximum atomic E-state index is 11.2. The average molecular weight is 679 g/mol. The van der Waals surface area contributed by atoms with Crippen molar-refractivity contribution >= 4 is 17.6 Å². The first-order valence-corrected chi connectivity index (χ1v) is 19.7. The van der Waals surface area contributed by atoms with Crippen molar-refractivity contribution in [2.75, 3.05) is 0 Å². The molecule has 0 rings (SSSR count). The van der Waals surface area contributed by atoms with Crippen LogP contribution in [0.5, 0.6) is 0 Å². The summed E-state index contributed by atoms with van der Waals surface area (Å²) in [6.45, 7) is 34.3. The summed E-state index contributed by atoms with van der Waals surface area (Å²) in [5, 5.41) is 5.57. The second-order valence-corrected chi connectivity index (χ2v) is 16.7. The number of hydrogen-bond donors (Lipinski definition) is 2. The van der Waals surface area contributed by atoms with E-state index in [4.69, 9.17) is 0 Å². The Morgan fingerprint density at radius 2 is 0.854 bits per heavy atom. The van der Waals surface area contributed by atoms with Gasteiger partial charge >= 0.3 is 0 Å². The van der Waals surface area contributed by atoms with Gasteiger partial charge in [0.25, 0.3) is 0 Å². The van der Waals surface area contributed by atoms with Gasteiger partial charge in [0.05, 0.1) is 0 Å². The minimum absolute atomic E-state index is 0.0161. The topological polar surface area (TPSA) is 75.3 Å². The van der Waals surface area contributed by atoms with Gasteiger partial charge in [0.2, 0.25) is 11.8 Å². The minimum atomic E-state index is 0.0161. The summed E-state index contributed by atoms with van der Waals surface area (Å²) in [6.07, 6.45) is 14.5. The Labute approximate surface area is 302 Å². The molecule has 0 aromatic rings. The van der Waals surface area contributed by atoms with Crippen LogP contribution in [0.4, 0.5) is 0 Å². The van der Waals surface area contributed by atoms with Crippen LogP contribution in [0.15, 0.2) is 0 Å². The predicted molar refractivity (Wildman–Crippen MR) is 213 cm³/mol. The molecule has 5 nitrogen and oxygen atoms in total. The molecule has 0 spiro atoms. The third kappa shape index (κ3) is 59.6. The number of nitrogens with one attached hydrogen (secondary N) is 2. The van der Waals surface area contributed by atoms with Crippen molar-refractivity contribution in [1.82, 2.24) is 10.6 Å². The molecule has 0 heterocycles. The summed E-state index contributed by atoms with van der Waals surface area (Å²) in [5.74, 6) is 11.3. The van der Waals surface area contributed by atoms with Crippen LogP contribution in [-0.4, -0.2) is 29.7 Å². The molecule has 5 heteroatoms. The lowest BCUT2D eigenvalue weighted by molar-refractivity contribution is -0.123. The fraction of sp³-hybridized carbons (Fsp3) is 0.884. The smallest absolute Gasteiger partial charge is 0.220 e. The molecule has 2 N–H and O–H groups in total. The van der Waals surface area contributed by atoms with E-state index in [2.05, 4.69) is 106 Å². The second kappa shape index (κ2) is 36.5. The number of carbonyl (C=O) groups is 3. The average Bonchev–Trinajstić information content (AvgIpc) is 2.91. The molecule has 0 aliphatic carbocycles. The zero-order chi connectivity index (χ0) is 38.1. The van der Waals surface area contributed by atoms with Crippen LogP contribution in [0.2, 0.25) is 0 Å².